The first-order chi connectivity index (χ1) is 15.6. The Labute approximate surface area is 233 Å². The Kier molecular flexibility index (Phi) is 32.8. The third-order valence-electron chi connectivity index (χ3n) is 5.48. The van der Waals surface area contributed by atoms with Gasteiger partial charge in [-0.25, -0.2) is 12.6 Å². The molecule has 0 amide bonds. The second kappa shape index (κ2) is 28.4. The van der Waals surface area contributed by atoms with E-state index in [4.69, 9.17) is 4.55 Å². The van der Waals surface area contributed by atoms with Crippen LogP contribution in [0.4, 0.5) is 0 Å². The van der Waals surface area contributed by atoms with Crippen LogP contribution in [0.1, 0.15) is 142 Å². The van der Waals surface area contributed by atoms with Crippen LogP contribution in [0.25, 0.3) is 0 Å². The van der Waals surface area contributed by atoms with Crippen LogP contribution >= 0.6 is 0 Å². The minimum absolute atomic E-state index is 0. The van der Waals surface area contributed by atoms with Crippen LogP contribution < -0.4 is 29.6 Å². The molecular weight excluding hydrogens is 487 g/mol. The summed E-state index contributed by atoms with van der Waals surface area (Å²) in [5, 5.41) is 0. The van der Waals surface area contributed by atoms with Gasteiger partial charge in [-0.3, -0.25) is 4.55 Å². The van der Waals surface area contributed by atoms with Crippen LogP contribution in [0, 0.1) is 0 Å². The van der Waals surface area contributed by atoms with E-state index in [1.165, 1.54) is 89.9 Å². The number of hydrogen-bond acceptors (Lipinski definition) is 6. The van der Waals surface area contributed by atoms with Crippen LogP contribution in [-0.4, -0.2) is 38.3 Å². The summed E-state index contributed by atoms with van der Waals surface area (Å²) in [6.07, 6.45) is 23.3. The molecule has 0 heterocycles. The molecule has 0 atom stereocenters. The smallest absolute Gasteiger partial charge is 0.748 e. The second-order valence-corrected chi connectivity index (χ2v) is 11.5. The Morgan fingerprint density at radius 2 is 0.853 bits per heavy atom. The Bertz CT molecular complexity index is 596. The molecule has 34 heavy (non-hydrogen) atoms. The van der Waals surface area contributed by atoms with Gasteiger partial charge in [-0.05, 0) is 12.8 Å². The van der Waals surface area contributed by atoms with E-state index in [9.17, 15) is 21.4 Å². The average molecular weight is 539 g/mol. The Hall–Kier alpha value is 0.780. The molecule has 0 saturated carbocycles. The van der Waals surface area contributed by atoms with E-state index in [-0.39, 0.29) is 41.9 Å². The van der Waals surface area contributed by atoms with Crippen molar-refractivity contribution >= 4 is 20.5 Å². The molecule has 0 aliphatic heterocycles. The summed E-state index contributed by atoms with van der Waals surface area (Å²) in [6, 6.07) is 0. The van der Waals surface area contributed by atoms with Crippen molar-refractivity contribution in [1.29, 1.82) is 0 Å². The van der Waals surface area contributed by atoms with Gasteiger partial charge < -0.3 is 4.55 Å². The van der Waals surface area contributed by atoms with Crippen LogP contribution in [0.3, 0.4) is 0 Å². The predicted molar refractivity (Wildman–Crippen MR) is 136 cm³/mol. The zero-order chi connectivity index (χ0) is 25.3. The molecule has 0 fully saturated rings. The number of unbranched alkanes of at least 4 members (excludes halogenated alkanes) is 18. The molecule has 0 unspecified atom stereocenters. The zero-order valence-electron chi connectivity index (χ0n) is 22.3. The maximum atomic E-state index is 10.3. The molecule has 202 valence electrons. The van der Waals surface area contributed by atoms with Crippen molar-refractivity contribution < 1.29 is 59.7 Å². The normalized spacial score (nSPS) is 11.5. The molecule has 0 rings (SSSR count). The van der Waals surface area contributed by atoms with E-state index in [0.717, 1.165) is 25.7 Å². The first-order valence-electron chi connectivity index (χ1n) is 13.2. The van der Waals surface area contributed by atoms with Gasteiger partial charge in [0.2, 0.25) is 0 Å². The summed E-state index contributed by atoms with van der Waals surface area (Å²) in [4.78, 5) is 0. The van der Waals surface area contributed by atoms with Gasteiger partial charge >= 0.3 is 40.0 Å². The molecule has 10 heteroatoms. The summed E-state index contributed by atoms with van der Waals surface area (Å²) in [6.45, 7) is 4.52. The first kappa shape index (κ1) is 39.3. The molecule has 1 N–H and O–H groups in total. The van der Waals surface area contributed by atoms with Crippen molar-refractivity contribution in [2.75, 3.05) is 12.4 Å². The quantitative estimate of drug-likeness (QED) is 0.118. The summed E-state index contributed by atoms with van der Waals surface area (Å²) in [5.41, 5.74) is 0. The van der Waals surface area contributed by atoms with Gasteiger partial charge in [0, 0.05) is 5.75 Å². The van der Waals surface area contributed by atoms with Crippen LogP contribution in [0.15, 0.2) is 0 Å². The van der Waals surface area contributed by atoms with Crippen molar-refractivity contribution in [2.24, 2.45) is 0 Å². The van der Waals surface area contributed by atoms with Crippen molar-refractivity contribution in [3.05, 3.63) is 0 Å². The van der Waals surface area contributed by atoms with Gasteiger partial charge in [0.25, 0.3) is 0 Å². The Morgan fingerprint density at radius 1 is 0.559 bits per heavy atom. The predicted octanol–water partition coefficient (Wildman–Crippen LogP) is 4.18. The van der Waals surface area contributed by atoms with Gasteiger partial charge in [0.05, 0.1) is 16.7 Å². The molecule has 0 spiro atoms. The standard InChI is InChI=1S/C12H26O4S.C12H26O3S.Na/c1-2-3-4-5-6-7-8-9-10-11-12-16-17(13,14)15;1-2-3-4-5-6-7-8-9-10-11-12-16(13,14)15;/h2-12H2,1H3,(H,13,14,15);2-12H2,1H3,(H,13,14,15);/q;;+1/p-1. The largest absolute Gasteiger partial charge is 1.00 e. The topological polar surface area (TPSA) is 121 Å². The third-order valence-corrected chi connectivity index (χ3v) is 6.73. The van der Waals surface area contributed by atoms with Gasteiger partial charge in [0.1, 0.15) is 0 Å². The monoisotopic (exact) mass is 538 g/mol. The molecule has 0 radical (unpaired) electrons. The average Bonchev–Trinajstić information content (AvgIpc) is 2.72. The summed E-state index contributed by atoms with van der Waals surface area (Å²) >= 11 is 0. The molecule has 0 aromatic rings. The van der Waals surface area contributed by atoms with E-state index >= 15 is 0 Å². The number of hydrogen-bond donors (Lipinski definition) is 1. The van der Waals surface area contributed by atoms with Crippen LogP contribution in [0.2, 0.25) is 0 Å². The van der Waals surface area contributed by atoms with Crippen molar-refractivity contribution in [3.8, 4) is 0 Å². The summed E-state index contributed by atoms with van der Waals surface area (Å²) < 4.78 is 63.9. The molecule has 7 nitrogen and oxygen atoms in total. The fourth-order valence-electron chi connectivity index (χ4n) is 3.52. The van der Waals surface area contributed by atoms with Crippen LogP contribution in [-0.2, 0) is 24.7 Å². The fraction of sp³-hybridized carbons (Fsp3) is 1.00. The Morgan fingerprint density at radius 3 is 1.15 bits per heavy atom. The summed E-state index contributed by atoms with van der Waals surface area (Å²) in [7, 11) is -8.22. The fourth-order valence-corrected chi connectivity index (χ4v) is 4.41. The molecule has 0 aromatic heterocycles. The van der Waals surface area contributed by atoms with Gasteiger partial charge in [-0.15, -0.1) is 0 Å². The van der Waals surface area contributed by atoms with Crippen molar-refractivity contribution in [3.63, 3.8) is 0 Å². The van der Waals surface area contributed by atoms with Crippen LogP contribution in [0.5, 0.6) is 0 Å². The maximum Gasteiger partial charge on any atom is 1.00 e. The number of rotatable bonds is 23. The Balaban J connectivity index is -0.000000550. The van der Waals surface area contributed by atoms with E-state index in [1.807, 2.05) is 0 Å². The molecular formula is C24H51NaO7S2. The van der Waals surface area contributed by atoms with Gasteiger partial charge in [-0.1, -0.05) is 129 Å². The van der Waals surface area contributed by atoms with E-state index in [0.29, 0.717) is 12.8 Å². The first-order valence-corrected chi connectivity index (χ1v) is 16.1. The molecule has 0 aromatic carbocycles. The van der Waals surface area contributed by atoms with E-state index in [2.05, 4.69) is 18.0 Å². The minimum Gasteiger partial charge on any atom is -0.748 e. The second-order valence-electron chi connectivity index (χ2n) is 8.88. The maximum absolute atomic E-state index is 10.3. The summed E-state index contributed by atoms with van der Waals surface area (Å²) in [5.74, 6) is -0.191. The molecule has 0 bridgehead atoms. The van der Waals surface area contributed by atoms with E-state index < -0.39 is 20.5 Å². The van der Waals surface area contributed by atoms with Crippen molar-refractivity contribution in [1.82, 2.24) is 0 Å². The SMILES string of the molecule is CCCCCCCCCCCCOS(=O)(=O)O.CCCCCCCCCCCCS(=O)(=O)[O-].[Na+]. The molecule has 0 aliphatic carbocycles. The minimum atomic E-state index is -4.23. The van der Waals surface area contributed by atoms with Gasteiger partial charge in [-0.2, -0.15) is 8.42 Å². The van der Waals surface area contributed by atoms with Crippen molar-refractivity contribution in [2.45, 2.75) is 142 Å². The van der Waals surface area contributed by atoms with E-state index in [1.54, 1.807) is 0 Å². The van der Waals surface area contributed by atoms with Gasteiger partial charge in [0.15, 0.2) is 0 Å². The zero-order valence-corrected chi connectivity index (χ0v) is 25.9. The molecule has 0 saturated heterocycles. The third kappa shape index (κ3) is 42.9. The molecule has 0 aliphatic rings.